The zero-order valence-electron chi connectivity index (χ0n) is 21.2. The van der Waals surface area contributed by atoms with Crippen LogP contribution in [0.2, 0.25) is 0 Å². The molecule has 0 amide bonds. The smallest absolute Gasteiger partial charge is 0.0692 e. The average molecular weight is 428 g/mol. The van der Waals surface area contributed by atoms with Gasteiger partial charge in [-0.25, -0.2) is 0 Å². The van der Waals surface area contributed by atoms with Gasteiger partial charge in [-0.3, -0.25) is 0 Å². The quantitative estimate of drug-likeness (QED) is 0.301. The highest BCUT2D eigenvalue weighted by Crippen LogP contribution is 2.52. The molecule has 3 aliphatic rings. The van der Waals surface area contributed by atoms with Crippen LogP contribution in [-0.4, -0.2) is 0 Å². The molecule has 0 aromatic heterocycles. The third-order valence-corrected chi connectivity index (χ3v) is 10.0. The summed E-state index contributed by atoms with van der Waals surface area (Å²) >= 11 is 0. The average Bonchev–Trinajstić information content (AvgIpc) is 2.83. The molecular weight excluding hydrogens is 374 g/mol. The summed E-state index contributed by atoms with van der Waals surface area (Å²) in [4.78, 5) is 0. The SMILES string of the molecule is CCCCCCC1CCC([C@H]2CC[C@](C#N)(C3CCC(CCCCC)CC3)CC2)CC1. The maximum atomic E-state index is 10.2. The van der Waals surface area contributed by atoms with Gasteiger partial charge < -0.3 is 0 Å². The minimum absolute atomic E-state index is 0.0430. The predicted molar refractivity (Wildman–Crippen MR) is 134 cm³/mol. The van der Waals surface area contributed by atoms with Crippen molar-refractivity contribution < 1.29 is 0 Å². The second kappa shape index (κ2) is 13.3. The minimum Gasteiger partial charge on any atom is -0.198 e. The molecule has 0 spiro atoms. The first-order chi connectivity index (χ1) is 15.2. The van der Waals surface area contributed by atoms with Crippen molar-refractivity contribution >= 4 is 0 Å². The molecule has 0 aromatic rings. The van der Waals surface area contributed by atoms with E-state index in [1.54, 1.807) is 0 Å². The van der Waals surface area contributed by atoms with Crippen molar-refractivity contribution in [2.24, 2.45) is 35.0 Å². The second-order valence-electron chi connectivity index (χ2n) is 11.9. The predicted octanol–water partition coefficient (Wildman–Crippen LogP) is 9.85. The van der Waals surface area contributed by atoms with Gasteiger partial charge in [-0.2, -0.15) is 5.26 Å². The molecule has 0 aliphatic heterocycles. The van der Waals surface area contributed by atoms with Gasteiger partial charge in [0.05, 0.1) is 11.5 Å². The van der Waals surface area contributed by atoms with E-state index in [9.17, 15) is 5.26 Å². The Morgan fingerprint density at radius 1 is 0.613 bits per heavy atom. The fraction of sp³-hybridized carbons (Fsp3) is 0.967. The van der Waals surface area contributed by atoms with E-state index >= 15 is 0 Å². The van der Waals surface area contributed by atoms with Crippen molar-refractivity contribution in [2.45, 2.75) is 149 Å². The Bertz CT molecular complexity index is 507. The van der Waals surface area contributed by atoms with Gasteiger partial charge in [0.1, 0.15) is 0 Å². The van der Waals surface area contributed by atoms with Crippen LogP contribution >= 0.6 is 0 Å². The summed E-state index contributed by atoms with van der Waals surface area (Å²) in [5.74, 6) is 4.62. The van der Waals surface area contributed by atoms with Crippen LogP contribution < -0.4 is 0 Å². The fourth-order valence-corrected chi connectivity index (χ4v) is 7.73. The van der Waals surface area contributed by atoms with Crippen molar-refractivity contribution in [1.29, 1.82) is 5.26 Å². The number of hydrogen-bond donors (Lipinski definition) is 0. The lowest BCUT2D eigenvalue weighted by Gasteiger charge is -2.46. The zero-order valence-corrected chi connectivity index (χ0v) is 21.2. The van der Waals surface area contributed by atoms with Crippen molar-refractivity contribution in [3.63, 3.8) is 0 Å². The van der Waals surface area contributed by atoms with Gasteiger partial charge in [0, 0.05) is 0 Å². The van der Waals surface area contributed by atoms with Crippen LogP contribution in [0.3, 0.4) is 0 Å². The summed E-state index contributed by atoms with van der Waals surface area (Å²) in [6, 6.07) is 2.92. The number of nitrogens with zero attached hydrogens (tertiary/aromatic N) is 1. The fourth-order valence-electron chi connectivity index (χ4n) is 7.73. The van der Waals surface area contributed by atoms with Gasteiger partial charge in [0.25, 0.3) is 0 Å². The summed E-state index contributed by atoms with van der Waals surface area (Å²) in [6.07, 6.45) is 29.5. The van der Waals surface area contributed by atoms with Gasteiger partial charge in [-0.05, 0) is 81.0 Å². The largest absolute Gasteiger partial charge is 0.198 e. The Labute approximate surface area is 195 Å². The van der Waals surface area contributed by atoms with Crippen LogP contribution in [-0.2, 0) is 0 Å². The Morgan fingerprint density at radius 2 is 1.10 bits per heavy atom. The Balaban J connectivity index is 1.38. The molecule has 31 heavy (non-hydrogen) atoms. The van der Waals surface area contributed by atoms with Crippen LogP contribution in [0, 0.1) is 46.3 Å². The normalized spacial score (nSPS) is 36.7. The molecule has 0 bridgehead atoms. The molecular formula is C30H53N. The Kier molecular flexibility index (Phi) is 10.7. The Morgan fingerprint density at radius 3 is 1.65 bits per heavy atom. The highest BCUT2D eigenvalue weighted by atomic mass is 14.5. The van der Waals surface area contributed by atoms with Crippen LogP contribution in [0.15, 0.2) is 0 Å². The van der Waals surface area contributed by atoms with Gasteiger partial charge in [0.2, 0.25) is 0 Å². The van der Waals surface area contributed by atoms with Crippen LogP contribution in [0.1, 0.15) is 149 Å². The molecule has 0 heterocycles. The molecule has 3 rings (SSSR count). The molecule has 1 nitrogen and oxygen atoms in total. The van der Waals surface area contributed by atoms with Gasteiger partial charge >= 0.3 is 0 Å². The maximum absolute atomic E-state index is 10.2. The molecule has 178 valence electrons. The van der Waals surface area contributed by atoms with Gasteiger partial charge in [0.15, 0.2) is 0 Å². The molecule has 0 saturated heterocycles. The van der Waals surface area contributed by atoms with E-state index in [0.717, 1.165) is 23.7 Å². The first kappa shape index (κ1) is 25.1. The second-order valence-corrected chi connectivity index (χ2v) is 11.9. The van der Waals surface area contributed by atoms with Crippen molar-refractivity contribution in [3.05, 3.63) is 0 Å². The van der Waals surface area contributed by atoms with E-state index in [4.69, 9.17) is 0 Å². The molecule has 3 aliphatic carbocycles. The third kappa shape index (κ3) is 7.24. The molecule has 3 fully saturated rings. The molecule has 0 atom stereocenters. The molecule has 0 radical (unpaired) electrons. The number of unbranched alkanes of at least 4 members (excludes halogenated alkanes) is 5. The highest BCUT2D eigenvalue weighted by molar-refractivity contribution is 5.06. The van der Waals surface area contributed by atoms with E-state index < -0.39 is 0 Å². The van der Waals surface area contributed by atoms with Gasteiger partial charge in [-0.15, -0.1) is 0 Å². The first-order valence-corrected chi connectivity index (χ1v) is 14.6. The Hall–Kier alpha value is -0.510. The lowest BCUT2D eigenvalue weighted by molar-refractivity contribution is 0.0601. The molecule has 0 unspecified atom stereocenters. The van der Waals surface area contributed by atoms with Gasteiger partial charge in [-0.1, -0.05) is 97.3 Å². The first-order valence-electron chi connectivity index (χ1n) is 14.6. The van der Waals surface area contributed by atoms with E-state index in [1.165, 1.54) is 135 Å². The van der Waals surface area contributed by atoms with Crippen LogP contribution in [0.4, 0.5) is 0 Å². The number of rotatable bonds is 11. The number of nitriles is 1. The van der Waals surface area contributed by atoms with E-state index in [0.29, 0.717) is 5.92 Å². The van der Waals surface area contributed by atoms with Crippen LogP contribution in [0.5, 0.6) is 0 Å². The van der Waals surface area contributed by atoms with Crippen molar-refractivity contribution in [3.8, 4) is 6.07 Å². The molecule has 0 aromatic carbocycles. The molecule has 1 heteroatoms. The molecule has 3 saturated carbocycles. The van der Waals surface area contributed by atoms with Crippen molar-refractivity contribution in [2.75, 3.05) is 0 Å². The lowest BCUT2D eigenvalue weighted by atomic mass is 9.57. The highest BCUT2D eigenvalue weighted by Gasteiger charge is 2.44. The van der Waals surface area contributed by atoms with E-state index in [-0.39, 0.29) is 5.41 Å². The maximum Gasteiger partial charge on any atom is 0.0692 e. The topological polar surface area (TPSA) is 23.8 Å². The molecule has 0 N–H and O–H groups in total. The zero-order chi connectivity index (χ0) is 21.9. The van der Waals surface area contributed by atoms with E-state index in [2.05, 4.69) is 19.9 Å². The van der Waals surface area contributed by atoms with Crippen LogP contribution in [0.25, 0.3) is 0 Å². The minimum atomic E-state index is 0.0430. The summed E-state index contributed by atoms with van der Waals surface area (Å²) in [5.41, 5.74) is 0.0430. The van der Waals surface area contributed by atoms with E-state index in [1.807, 2.05) is 0 Å². The third-order valence-electron chi connectivity index (χ3n) is 10.0. The lowest BCUT2D eigenvalue weighted by Crippen LogP contribution is -2.38. The number of hydrogen-bond acceptors (Lipinski definition) is 1. The summed E-state index contributed by atoms with van der Waals surface area (Å²) in [5, 5.41) is 10.2. The monoisotopic (exact) mass is 427 g/mol. The standard InChI is InChI=1S/C30H53N/c1-3-5-7-9-11-25-12-16-27(17-13-25)28-20-22-30(24-31,23-21-28)29-18-14-26(15-19-29)10-8-6-4-2/h25-29H,3-23H2,1-2H3/t25?,26?,27?,28-,29?,30-. The van der Waals surface area contributed by atoms with Crippen molar-refractivity contribution in [1.82, 2.24) is 0 Å². The summed E-state index contributed by atoms with van der Waals surface area (Å²) in [7, 11) is 0. The summed E-state index contributed by atoms with van der Waals surface area (Å²) < 4.78 is 0. The summed E-state index contributed by atoms with van der Waals surface area (Å²) in [6.45, 7) is 4.63.